The second kappa shape index (κ2) is 7.88. The van der Waals surface area contributed by atoms with Crippen molar-refractivity contribution in [3.05, 3.63) is 29.3 Å². The Labute approximate surface area is 141 Å². The lowest BCUT2D eigenvalue weighted by Gasteiger charge is -2.31. The minimum absolute atomic E-state index is 0.293. The maximum atomic E-state index is 12.3. The highest BCUT2D eigenvalue weighted by Gasteiger charge is 2.21. The van der Waals surface area contributed by atoms with Gasteiger partial charge >= 0.3 is 0 Å². The van der Waals surface area contributed by atoms with E-state index in [9.17, 15) is 4.79 Å². The molecule has 5 heteroatoms. The Hall–Kier alpha value is -1.46. The number of amides is 1. The molecule has 0 atom stereocenters. The number of carbonyl (C=O) groups excluding carboxylic acids is 1. The zero-order chi connectivity index (χ0) is 16.1. The Kier molecular flexibility index (Phi) is 5.62. The van der Waals surface area contributed by atoms with E-state index in [0.717, 1.165) is 50.7 Å². The number of aryl methyl sites for hydroxylation is 1. The largest absolute Gasteiger partial charge is 0.343 e. The first-order valence-corrected chi connectivity index (χ1v) is 9.36. The number of rotatable bonds is 6. The molecule has 0 unspecified atom stereocenters. The van der Waals surface area contributed by atoms with E-state index < -0.39 is 0 Å². The van der Waals surface area contributed by atoms with Gasteiger partial charge < -0.3 is 10.2 Å². The molecule has 23 heavy (non-hydrogen) atoms. The summed E-state index contributed by atoms with van der Waals surface area (Å²) in [6.07, 6.45) is 5.77. The molecule has 1 aliphatic rings. The molecule has 0 aliphatic carbocycles. The van der Waals surface area contributed by atoms with Crippen molar-refractivity contribution in [1.82, 2.24) is 15.2 Å². The summed E-state index contributed by atoms with van der Waals surface area (Å²) < 4.78 is 1.25. The van der Waals surface area contributed by atoms with Gasteiger partial charge in [0.05, 0.1) is 15.2 Å². The molecule has 0 bridgehead atoms. The summed E-state index contributed by atoms with van der Waals surface area (Å²) in [7, 11) is 1.96. The summed E-state index contributed by atoms with van der Waals surface area (Å²) in [5, 5.41) is 4.53. The molecule has 2 heterocycles. The fourth-order valence-electron chi connectivity index (χ4n) is 3.15. The van der Waals surface area contributed by atoms with E-state index in [2.05, 4.69) is 28.5 Å². The van der Waals surface area contributed by atoms with E-state index in [1.54, 1.807) is 11.3 Å². The summed E-state index contributed by atoms with van der Waals surface area (Å²) in [6.45, 7) is 2.06. The van der Waals surface area contributed by atoms with Gasteiger partial charge in [-0.05, 0) is 57.3 Å². The van der Waals surface area contributed by atoms with Crippen molar-refractivity contribution >= 4 is 27.5 Å². The lowest BCUT2D eigenvalue weighted by atomic mass is 10.0. The number of carbonyl (C=O) groups is 1. The van der Waals surface area contributed by atoms with Gasteiger partial charge in [-0.3, -0.25) is 4.79 Å². The number of nitrogens with zero attached hydrogens (tertiary/aromatic N) is 2. The first-order valence-electron chi connectivity index (χ1n) is 8.55. The van der Waals surface area contributed by atoms with E-state index in [1.807, 2.05) is 18.0 Å². The molecule has 1 aromatic carbocycles. The van der Waals surface area contributed by atoms with Crippen molar-refractivity contribution in [2.75, 3.05) is 20.1 Å². The molecular weight excluding hydrogens is 306 g/mol. The van der Waals surface area contributed by atoms with Crippen molar-refractivity contribution in [2.45, 2.75) is 44.6 Å². The number of unbranched alkanes of at least 4 members (excludes halogenated alkanes) is 1. The van der Waals surface area contributed by atoms with Crippen molar-refractivity contribution in [2.24, 2.45) is 0 Å². The van der Waals surface area contributed by atoms with Crippen LogP contribution in [0.3, 0.4) is 0 Å². The minimum atomic E-state index is 0.293. The van der Waals surface area contributed by atoms with Gasteiger partial charge in [-0.15, -0.1) is 11.3 Å². The lowest BCUT2D eigenvalue weighted by Crippen LogP contribution is -2.43. The van der Waals surface area contributed by atoms with Crippen LogP contribution < -0.4 is 5.32 Å². The second-order valence-corrected chi connectivity index (χ2v) is 7.38. The van der Waals surface area contributed by atoms with E-state index in [4.69, 9.17) is 0 Å². The Morgan fingerprint density at radius 2 is 2.09 bits per heavy atom. The van der Waals surface area contributed by atoms with Gasteiger partial charge in [-0.2, -0.15) is 0 Å². The van der Waals surface area contributed by atoms with E-state index in [1.165, 1.54) is 9.71 Å². The Balaban J connectivity index is 1.41. The van der Waals surface area contributed by atoms with Crippen LogP contribution in [0.2, 0.25) is 0 Å². The van der Waals surface area contributed by atoms with Crippen LogP contribution in [-0.4, -0.2) is 42.0 Å². The number of hydrogen-bond donors (Lipinski definition) is 1. The second-order valence-electron chi connectivity index (χ2n) is 6.27. The number of para-hydroxylation sites is 1. The highest BCUT2D eigenvalue weighted by atomic mass is 32.1. The molecule has 0 radical (unpaired) electrons. The molecule has 1 saturated heterocycles. The van der Waals surface area contributed by atoms with Crippen LogP contribution in [0.4, 0.5) is 0 Å². The number of thiazole rings is 1. The Morgan fingerprint density at radius 1 is 1.30 bits per heavy atom. The van der Waals surface area contributed by atoms with Crippen LogP contribution in [0.25, 0.3) is 10.2 Å². The van der Waals surface area contributed by atoms with Crippen LogP contribution in [0, 0.1) is 0 Å². The van der Waals surface area contributed by atoms with Crippen LogP contribution in [0.15, 0.2) is 24.3 Å². The molecular formula is C18H25N3OS. The van der Waals surface area contributed by atoms with Crippen molar-refractivity contribution < 1.29 is 4.79 Å². The molecule has 1 aliphatic heterocycles. The normalized spacial score (nSPS) is 15.9. The zero-order valence-electron chi connectivity index (χ0n) is 13.8. The Morgan fingerprint density at radius 3 is 2.87 bits per heavy atom. The average Bonchev–Trinajstić information content (AvgIpc) is 3.01. The molecule has 1 aromatic heterocycles. The molecule has 3 rings (SSSR count). The van der Waals surface area contributed by atoms with E-state index >= 15 is 0 Å². The van der Waals surface area contributed by atoms with Gasteiger partial charge in [0.15, 0.2) is 0 Å². The molecule has 4 nitrogen and oxygen atoms in total. The maximum Gasteiger partial charge on any atom is 0.222 e. The number of aromatic nitrogens is 1. The predicted octanol–water partition coefficient (Wildman–Crippen LogP) is 3.22. The zero-order valence-corrected chi connectivity index (χ0v) is 14.6. The van der Waals surface area contributed by atoms with Gasteiger partial charge in [0.1, 0.15) is 0 Å². The molecule has 1 N–H and O–H groups in total. The maximum absolute atomic E-state index is 12.3. The monoisotopic (exact) mass is 331 g/mol. The molecule has 1 amide bonds. The van der Waals surface area contributed by atoms with Crippen LogP contribution >= 0.6 is 11.3 Å². The van der Waals surface area contributed by atoms with Gasteiger partial charge in [0.25, 0.3) is 0 Å². The van der Waals surface area contributed by atoms with Crippen molar-refractivity contribution in [1.29, 1.82) is 0 Å². The molecule has 0 spiro atoms. The topological polar surface area (TPSA) is 45.2 Å². The smallest absolute Gasteiger partial charge is 0.222 e. The fraction of sp³-hybridized carbons (Fsp3) is 0.556. The lowest BCUT2D eigenvalue weighted by molar-refractivity contribution is -0.132. The number of benzene rings is 1. The van der Waals surface area contributed by atoms with Crippen LogP contribution in [-0.2, 0) is 11.2 Å². The third kappa shape index (κ3) is 4.30. The van der Waals surface area contributed by atoms with Gasteiger partial charge in [0, 0.05) is 19.5 Å². The van der Waals surface area contributed by atoms with Gasteiger partial charge in [-0.25, -0.2) is 4.98 Å². The van der Waals surface area contributed by atoms with Crippen LogP contribution in [0.5, 0.6) is 0 Å². The van der Waals surface area contributed by atoms with Crippen molar-refractivity contribution in [3.63, 3.8) is 0 Å². The molecule has 2 aromatic rings. The molecule has 124 valence electrons. The van der Waals surface area contributed by atoms with Crippen LogP contribution in [0.1, 0.15) is 37.1 Å². The number of piperidine rings is 1. The minimum Gasteiger partial charge on any atom is -0.343 e. The standard InChI is InChI=1S/C18H25N3OS/c1-21(14-10-12-19-13-11-14)18(22)9-5-4-8-17-20-15-6-2-3-7-16(15)23-17/h2-3,6-7,14,19H,4-5,8-13H2,1H3. The first-order chi connectivity index (χ1) is 11.2. The number of fused-ring (bicyclic) bond motifs is 1. The number of hydrogen-bond acceptors (Lipinski definition) is 4. The third-order valence-corrected chi connectivity index (χ3v) is 5.72. The van der Waals surface area contributed by atoms with E-state index in [0.29, 0.717) is 18.4 Å². The molecule has 1 fully saturated rings. The third-order valence-electron chi connectivity index (χ3n) is 4.62. The SMILES string of the molecule is CN(C(=O)CCCCc1nc2ccccc2s1)C1CCNCC1. The summed E-state index contributed by atoms with van der Waals surface area (Å²) >= 11 is 1.77. The first kappa shape index (κ1) is 16.4. The number of nitrogens with one attached hydrogen (secondary N) is 1. The highest BCUT2D eigenvalue weighted by Crippen LogP contribution is 2.23. The fourth-order valence-corrected chi connectivity index (χ4v) is 4.16. The summed E-state index contributed by atoms with van der Waals surface area (Å²) in [5.41, 5.74) is 1.09. The Bertz CT molecular complexity index is 616. The quantitative estimate of drug-likeness (QED) is 0.827. The highest BCUT2D eigenvalue weighted by molar-refractivity contribution is 7.18. The van der Waals surface area contributed by atoms with E-state index in [-0.39, 0.29) is 0 Å². The van der Waals surface area contributed by atoms with Crippen molar-refractivity contribution in [3.8, 4) is 0 Å². The molecule has 0 saturated carbocycles. The van der Waals surface area contributed by atoms with Gasteiger partial charge in [-0.1, -0.05) is 12.1 Å². The summed E-state index contributed by atoms with van der Waals surface area (Å²) in [5.74, 6) is 0.293. The summed E-state index contributed by atoms with van der Waals surface area (Å²) in [4.78, 5) is 18.9. The van der Waals surface area contributed by atoms with Gasteiger partial charge in [0.2, 0.25) is 5.91 Å². The average molecular weight is 331 g/mol. The predicted molar refractivity (Wildman–Crippen MR) is 95.8 cm³/mol. The summed E-state index contributed by atoms with van der Waals surface area (Å²) in [6, 6.07) is 8.69.